The van der Waals surface area contributed by atoms with Crippen molar-refractivity contribution >= 4 is 23.2 Å². The van der Waals surface area contributed by atoms with Crippen molar-refractivity contribution in [1.29, 1.82) is 0 Å². The van der Waals surface area contributed by atoms with Gasteiger partial charge in [-0.1, -0.05) is 61.9 Å². The Kier molecular flexibility index (Phi) is 5.56. The van der Waals surface area contributed by atoms with Gasteiger partial charge in [0.05, 0.1) is 6.10 Å². The van der Waals surface area contributed by atoms with Crippen molar-refractivity contribution in [3.8, 4) is 0 Å². The van der Waals surface area contributed by atoms with Crippen LogP contribution in [0.1, 0.15) is 44.6 Å². The molecule has 0 radical (unpaired) electrons. The highest BCUT2D eigenvalue weighted by molar-refractivity contribution is 6.35. The molecule has 1 aromatic rings. The Morgan fingerprint density at radius 2 is 1.84 bits per heavy atom. The van der Waals surface area contributed by atoms with E-state index in [1.807, 2.05) is 18.2 Å². The zero-order valence-electron chi connectivity index (χ0n) is 11.4. The Labute approximate surface area is 125 Å². The monoisotopic (exact) mass is 300 g/mol. The number of hydrogen-bond acceptors (Lipinski definition) is 1. The number of benzene rings is 1. The van der Waals surface area contributed by atoms with E-state index < -0.39 is 0 Å². The summed E-state index contributed by atoms with van der Waals surface area (Å²) in [5.41, 5.74) is 0.888. The SMILES string of the molecule is CCC1CCCCC1C(O)Cc1c(Cl)cccc1Cl. The Bertz CT molecular complexity index is 399. The normalized spacial score (nSPS) is 25.3. The van der Waals surface area contributed by atoms with E-state index in [-0.39, 0.29) is 6.10 Å². The third kappa shape index (κ3) is 3.65. The maximum Gasteiger partial charge on any atom is 0.0612 e. The Hall–Kier alpha value is -0.240. The molecule has 1 aliphatic rings. The fourth-order valence-electron chi connectivity index (χ4n) is 3.34. The number of hydrogen-bond donors (Lipinski definition) is 1. The predicted molar refractivity (Wildman–Crippen MR) is 81.9 cm³/mol. The average molecular weight is 301 g/mol. The van der Waals surface area contributed by atoms with Crippen LogP contribution in [0.25, 0.3) is 0 Å². The molecular formula is C16H22Cl2O. The lowest BCUT2D eigenvalue weighted by Gasteiger charge is -2.34. The van der Waals surface area contributed by atoms with Gasteiger partial charge in [0.2, 0.25) is 0 Å². The lowest BCUT2D eigenvalue weighted by molar-refractivity contribution is 0.0465. The number of halogens is 2. The molecule has 1 fully saturated rings. The van der Waals surface area contributed by atoms with E-state index in [1.165, 1.54) is 19.3 Å². The van der Waals surface area contributed by atoms with Gasteiger partial charge in [-0.15, -0.1) is 0 Å². The first kappa shape index (κ1) is 15.2. The summed E-state index contributed by atoms with van der Waals surface area (Å²) in [4.78, 5) is 0. The molecule has 0 aromatic heterocycles. The van der Waals surface area contributed by atoms with Crippen molar-refractivity contribution in [2.24, 2.45) is 11.8 Å². The van der Waals surface area contributed by atoms with E-state index in [0.29, 0.717) is 28.3 Å². The smallest absolute Gasteiger partial charge is 0.0612 e. The van der Waals surface area contributed by atoms with Gasteiger partial charge in [-0.25, -0.2) is 0 Å². The third-order valence-corrected chi connectivity index (χ3v) is 5.17. The lowest BCUT2D eigenvalue weighted by Crippen LogP contribution is -2.32. The molecule has 1 aliphatic carbocycles. The molecule has 19 heavy (non-hydrogen) atoms. The molecule has 0 amide bonds. The van der Waals surface area contributed by atoms with Crippen molar-refractivity contribution in [1.82, 2.24) is 0 Å². The first-order chi connectivity index (χ1) is 9.13. The van der Waals surface area contributed by atoms with Crippen LogP contribution < -0.4 is 0 Å². The summed E-state index contributed by atoms with van der Waals surface area (Å²) in [6.45, 7) is 2.22. The number of aliphatic hydroxyl groups is 1. The van der Waals surface area contributed by atoms with Gasteiger partial charge in [-0.05, 0) is 36.0 Å². The summed E-state index contributed by atoms with van der Waals surface area (Å²) < 4.78 is 0. The van der Waals surface area contributed by atoms with Gasteiger partial charge >= 0.3 is 0 Å². The van der Waals surface area contributed by atoms with E-state index in [4.69, 9.17) is 23.2 Å². The van der Waals surface area contributed by atoms with Gasteiger partial charge in [0.15, 0.2) is 0 Å². The fourth-order valence-corrected chi connectivity index (χ4v) is 3.89. The lowest BCUT2D eigenvalue weighted by atomic mass is 9.74. The summed E-state index contributed by atoms with van der Waals surface area (Å²) >= 11 is 12.4. The third-order valence-electron chi connectivity index (χ3n) is 4.46. The molecule has 106 valence electrons. The molecule has 3 atom stereocenters. The standard InChI is InChI=1S/C16H22Cl2O/c1-2-11-6-3-4-7-12(11)16(19)10-13-14(17)8-5-9-15(13)18/h5,8-9,11-12,16,19H,2-4,6-7,10H2,1H3. The minimum Gasteiger partial charge on any atom is -0.392 e. The predicted octanol–water partition coefficient (Wildman–Crippen LogP) is 5.11. The van der Waals surface area contributed by atoms with Crippen molar-refractivity contribution in [2.75, 3.05) is 0 Å². The van der Waals surface area contributed by atoms with Crippen LogP contribution >= 0.6 is 23.2 Å². The molecule has 0 bridgehead atoms. The summed E-state index contributed by atoms with van der Waals surface area (Å²) in [6.07, 6.45) is 6.29. The van der Waals surface area contributed by atoms with Crippen molar-refractivity contribution in [3.63, 3.8) is 0 Å². The van der Waals surface area contributed by atoms with E-state index in [9.17, 15) is 5.11 Å². The van der Waals surface area contributed by atoms with Gasteiger partial charge in [-0.2, -0.15) is 0 Å². The molecule has 2 rings (SSSR count). The van der Waals surface area contributed by atoms with Crippen LogP contribution in [0.3, 0.4) is 0 Å². The Balaban J connectivity index is 2.09. The zero-order valence-corrected chi connectivity index (χ0v) is 12.9. The topological polar surface area (TPSA) is 20.2 Å². The van der Waals surface area contributed by atoms with Gasteiger partial charge in [-0.3, -0.25) is 0 Å². The van der Waals surface area contributed by atoms with Crippen molar-refractivity contribution in [3.05, 3.63) is 33.8 Å². The van der Waals surface area contributed by atoms with Crippen LogP contribution in [0.15, 0.2) is 18.2 Å². The second-order valence-corrected chi connectivity index (χ2v) is 6.40. The minimum absolute atomic E-state index is 0.331. The highest BCUT2D eigenvalue weighted by Crippen LogP contribution is 2.36. The molecule has 1 saturated carbocycles. The molecule has 1 N–H and O–H groups in total. The van der Waals surface area contributed by atoms with E-state index in [0.717, 1.165) is 18.4 Å². The molecular weight excluding hydrogens is 279 g/mol. The molecule has 0 heterocycles. The minimum atomic E-state index is -0.331. The molecule has 3 unspecified atom stereocenters. The maximum absolute atomic E-state index is 10.6. The van der Waals surface area contributed by atoms with Crippen LogP contribution in [0, 0.1) is 11.8 Å². The van der Waals surface area contributed by atoms with Gasteiger partial charge in [0.1, 0.15) is 0 Å². The van der Waals surface area contributed by atoms with Gasteiger partial charge in [0, 0.05) is 16.5 Å². The van der Waals surface area contributed by atoms with Crippen molar-refractivity contribution < 1.29 is 5.11 Å². The summed E-state index contributed by atoms with van der Waals surface area (Å²) in [5.74, 6) is 1.04. The number of rotatable bonds is 4. The van der Waals surface area contributed by atoms with Crippen LogP contribution in [0.5, 0.6) is 0 Å². The summed E-state index contributed by atoms with van der Waals surface area (Å²) in [6, 6.07) is 5.53. The van der Waals surface area contributed by atoms with Crippen LogP contribution in [-0.4, -0.2) is 11.2 Å². The van der Waals surface area contributed by atoms with Crippen LogP contribution in [-0.2, 0) is 6.42 Å². The molecule has 1 aromatic carbocycles. The maximum atomic E-state index is 10.6. The summed E-state index contributed by atoms with van der Waals surface area (Å²) in [5, 5.41) is 11.9. The summed E-state index contributed by atoms with van der Waals surface area (Å²) in [7, 11) is 0. The largest absolute Gasteiger partial charge is 0.392 e. The van der Waals surface area contributed by atoms with Gasteiger partial charge < -0.3 is 5.11 Å². The van der Waals surface area contributed by atoms with E-state index >= 15 is 0 Å². The highest BCUT2D eigenvalue weighted by atomic mass is 35.5. The molecule has 3 heteroatoms. The zero-order chi connectivity index (χ0) is 13.8. The highest BCUT2D eigenvalue weighted by Gasteiger charge is 2.30. The Morgan fingerprint density at radius 1 is 1.21 bits per heavy atom. The van der Waals surface area contributed by atoms with Gasteiger partial charge in [0.25, 0.3) is 0 Å². The first-order valence-electron chi connectivity index (χ1n) is 7.24. The fraction of sp³-hybridized carbons (Fsp3) is 0.625. The molecule has 0 spiro atoms. The molecule has 0 aliphatic heterocycles. The van der Waals surface area contributed by atoms with Crippen LogP contribution in [0.4, 0.5) is 0 Å². The average Bonchev–Trinajstić information content (AvgIpc) is 2.42. The number of aliphatic hydroxyl groups excluding tert-OH is 1. The van der Waals surface area contributed by atoms with Crippen molar-refractivity contribution in [2.45, 2.75) is 51.6 Å². The Morgan fingerprint density at radius 3 is 2.47 bits per heavy atom. The quantitative estimate of drug-likeness (QED) is 0.819. The van der Waals surface area contributed by atoms with E-state index in [2.05, 4.69) is 6.92 Å². The molecule has 0 saturated heterocycles. The second kappa shape index (κ2) is 6.97. The van der Waals surface area contributed by atoms with Crippen LogP contribution in [0.2, 0.25) is 10.0 Å². The van der Waals surface area contributed by atoms with E-state index in [1.54, 1.807) is 0 Å². The molecule has 1 nitrogen and oxygen atoms in total. The second-order valence-electron chi connectivity index (χ2n) is 5.59. The first-order valence-corrected chi connectivity index (χ1v) is 8.00.